The Hall–Kier alpha value is -4.28. The van der Waals surface area contributed by atoms with Gasteiger partial charge < -0.3 is 15.0 Å². The average molecular weight is 688 g/mol. The third kappa shape index (κ3) is 9.64. The largest absolute Gasteiger partial charge is 0.494 e. The van der Waals surface area contributed by atoms with Crippen LogP contribution in [0.4, 0.5) is 5.69 Å². The molecule has 0 aliphatic carbocycles. The lowest BCUT2D eigenvalue weighted by Gasteiger charge is -2.34. The van der Waals surface area contributed by atoms with E-state index in [9.17, 15) is 18.0 Å². The number of amides is 2. The number of nitrogens with zero attached hydrogens (tertiary/aromatic N) is 2. The van der Waals surface area contributed by atoms with Crippen molar-refractivity contribution in [2.24, 2.45) is 0 Å². The number of hydrogen-bond donors (Lipinski definition) is 1. The van der Waals surface area contributed by atoms with Crippen molar-refractivity contribution in [1.82, 2.24) is 10.2 Å². The average Bonchev–Trinajstić information content (AvgIpc) is 3.10. The number of carbonyl (C=O) groups excluding carboxylic acids is 2. The van der Waals surface area contributed by atoms with Crippen LogP contribution in [0.3, 0.4) is 0 Å². The van der Waals surface area contributed by atoms with Gasteiger partial charge in [-0.15, -0.1) is 11.8 Å². The van der Waals surface area contributed by atoms with Crippen LogP contribution in [-0.4, -0.2) is 56.6 Å². The fourth-order valence-corrected chi connectivity index (χ4v) is 6.99. The van der Waals surface area contributed by atoms with Crippen molar-refractivity contribution in [2.45, 2.75) is 69.0 Å². The molecule has 48 heavy (non-hydrogen) atoms. The minimum absolute atomic E-state index is 0.0578. The van der Waals surface area contributed by atoms with E-state index in [1.165, 1.54) is 16.7 Å². The lowest BCUT2D eigenvalue weighted by molar-refractivity contribution is -0.140. The standard InChI is InChI=1S/C38H45N3O5S2/c1-6-29(4)39-38(43)36(25-30-11-9-8-10-12-30)40(26-31-15-13-28(3)14-16-31)37(42)27-41(32-17-19-33(20-18-32)46-7-2)48(44,45)35-23-21-34(47-5)22-24-35/h8-24,29,36H,6-7,25-27H2,1-5H3,(H,39,43)/t29-,36-/m0/s1. The lowest BCUT2D eigenvalue weighted by Crippen LogP contribution is -2.54. The Kier molecular flexibility index (Phi) is 13.1. The van der Waals surface area contributed by atoms with Crippen LogP contribution < -0.4 is 14.4 Å². The Morgan fingerprint density at radius 1 is 0.854 bits per heavy atom. The summed E-state index contributed by atoms with van der Waals surface area (Å²) in [5.74, 6) is -0.217. The number of nitrogens with one attached hydrogen (secondary N) is 1. The number of aryl methyl sites for hydroxylation is 1. The predicted molar refractivity (Wildman–Crippen MR) is 194 cm³/mol. The first-order chi connectivity index (χ1) is 23.0. The summed E-state index contributed by atoms with van der Waals surface area (Å²) in [5, 5.41) is 3.07. The topological polar surface area (TPSA) is 96.0 Å². The summed E-state index contributed by atoms with van der Waals surface area (Å²) in [6.07, 6.45) is 2.89. The van der Waals surface area contributed by atoms with Gasteiger partial charge in [-0.25, -0.2) is 8.42 Å². The third-order valence-electron chi connectivity index (χ3n) is 8.11. The Morgan fingerprint density at radius 2 is 1.50 bits per heavy atom. The molecular formula is C38H45N3O5S2. The zero-order chi connectivity index (χ0) is 34.7. The molecule has 0 aliphatic heterocycles. The van der Waals surface area contributed by atoms with Crippen LogP contribution in [-0.2, 0) is 32.6 Å². The van der Waals surface area contributed by atoms with Gasteiger partial charge >= 0.3 is 0 Å². The van der Waals surface area contributed by atoms with Crippen molar-refractivity contribution < 1.29 is 22.7 Å². The molecule has 0 aromatic heterocycles. The van der Waals surface area contributed by atoms with Gasteiger partial charge in [0.15, 0.2) is 0 Å². The molecule has 0 radical (unpaired) electrons. The number of ether oxygens (including phenoxy) is 1. The summed E-state index contributed by atoms with van der Waals surface area (Å²) in [6.45, 7) is 7.81. The lowest BCUT2D eigenvalue weighted by atomic mass is 10.0. The van der Waals surface area contributed by atoms with Gasteiger partial charge in [0.1, 0.15) is 18.3 Å². The molecule has 4 aromatic rings. The summed E-state index contributed by atoms with van der Waals surface area (Å²) in [7, 11) is -4.20. The number of hydrogen-bond acceptors (Lipinski definition) is 6. The number of anilines is 1. The van der Waals surface area contributed by atoms with Gasteiger partial charge in [0, 0.05) is 23.9 Å². The Labute approximate surface area is 289 Å². The molecular weight excluding hydrogens is 643 g/mol. The molecule has 0 bridgehead atoms. The molecule has 0 heterocycles. The third-order valence-corrected chi connectivity index (χ3v) is 10.6. The van der Waals surface area contributed by atoms with E-state index in [0.29, 0.717) is 18.0 Å². The summed E-state index contributed by atoms with van der Waals surface area (Å²) >= 11 is 1.51. The summed E-state index contributed by atoms with van der Waals surface area (Å²) < 4.78 is 35.3. The van der Waals surface area contributed by atoms with Crippen LogP contribution in [0.2, 0.25) is 0 Å². The van der Waals surface area contributed by atoms with E-state index in [4.69, 9.17) is 4.74 Å². The number of benzene rings is 4. The van der Waals surface area contributed by atoms with Crippen molar-refractivity contribution >= 4 is 39.3 Å². The zero-order valence-corrected chi connectivity index (χ0v) is 29.9. The summed E-state index contributed by atoms with van der Waals surface area (Å²) in [4.78, 5) is 31.1. The summed E-state index contributed by atoms with van der Waals surface area (Å²) in [6, 6.07) is 29.5. The summed E-state index contributed by atoms with van der Waals surface area (Å²) in [5.41, 5.74) is 3.08. The van der Waals surface area contributed by atoms with Gasteiger partial charge in [0.2, 0.25) is 11.8 Å². The fraction of sp³-hybridized carbons (Fsp3) is 0.316. The maximum absolute atomic E-state index is 14.6. The van der Waals surface area contributed by atoms with Crippen molar-refractivity contribution in [1.29, 1.82) is 0 Å². The van der Waals surface area contributed by atoms with Gasteiger partial charge in [-0.05, 0) is 93.1 Å². The number of thioether (sulfide) groups is 1. The normalized spacial score (nSPS) is 12.5. The fourth-order valence-electron chi connectivity index (χ4n) is 5.16. The van der Waals surface area contributed by atoms with E-state index in [1.54, 1.807) is 48.5 Å². The first-order valence-corrected chi connectivity index (χ1v) is 18.8. The van der Waals surface area contributed by atoms with Crippen molar-refractivity contribution in [3.8, 4) is 5.75 Å². The molecule has 4 rings (SSSR count). The highest BCUT2D eigenvalue weighted by atomic mass is 32.2. The first kappa shape index (κ1) is 36.6. The second-order valence-electron chi connectivity index (χ2n) is 11.6. The van der Waals surface area contributed by atoms with Gasteiger partial charge in [-0.3, -0.25) is 13.9 Å². The highest BCUT2D eigenvalue weighted by Gasteiger charge is 2.35. The number of sulfonamides is 1. The molecule has 0 saturated heterocycles. The molecule has 0 fully saturated rings. The molecule has 0 saturated carbocycles. The SMILES string of the molecule is CCOc1ccc(N(CC(=O)N(Cc2ccc(C)cc2)[C@@H](Cc2ccccc2)C(=O)N[C@@H](C)CC)S(=O)(=O)c2ccc(SC)cc2)cc1. The van der Waals surface area contributed by atoms with E-state index in [2.05, 4.69) is 5.32 Å². The molecule has 0 unspecified atom stereocenters. The van der Waals surface area contributed by atoms with E-state index in [1.807, 2.05) is 88.5 Å². The molecule has 1 N–H and O–H groups in total. The zero-order valence-electron chi connectivity index (χ0n) is 28.3. The maximum atomic E-state index is 14.6. The minimum Gasteiger partial charge on any atom is -0.494 e. The van der Waals surface area contributed by atoms with Crippen LogP contribution in [0.15, 0.2) is 113 Å². The van der Waals surface area contributed by atoms with E-state index < -0.39 is 28.5 Å². The minimum atomic E-state index is -4.20. The Bertz CT molecular complexity index is 1730. The predicted octanol–water partition coefficient (Wildman–Crippen LogP) is 6.87. The Balaban J connectivity index is 1.80. The van der Waals surface area contributed by atoms with Crippen LogP contribution in [0.5, 0.6) is 5.75 Å². The highest BCUT2D eigenvalue weighted by Crippen LogP contribution is 2.28. The molecule has 2 atom stereocenters. The van der Waals surface area contributed by atoms with Crippen LogP contribution in [0.1, 0.15) is 43.9 Å². The van der Waals surface area contributed by atoms with E-state index in [0.717, 1.165) is 32.3 Å². The van der Waals surface area contributed by atoms with Crippen LogP contribution >= 0.6 is 11.8 Å². The molecule has 2 amide bonds. The van der Waals surface area contributed by atoms with E-state index >= 15 is 0 Å². The molecule has 0 spiro atoms. The van der Waals surface area contributed by atoms with Crippen LogP contribution in [0.25, 0.3) is 0 Å². The van der Waals surface area contributed by atoms with Crippen molar-refractivity contribution in [3.05, 3.63) is 120 Å². The van der Waals surface area contributed by atoms with Gasteiger partial charge in [-0.1, -0.05) is 67.1 Å². The number of rotatable bonds is 16. The van der Waals surface area contributed by atoms with Gasteiger partial charge in [0.05, 0.1) is 17.2 Å². The molecule has 10 heteroatoms. The monoisotopic (exact) mass is 687 g/mol. The molecule has 0 aliphatic rings. The van der Waals surface area contributed by atoms with Crippen LogP contribution in [0, 0.1) is 6.92 Å². The van der Waals surface area contributed by atoms with E-state index in [-0.39, 0.29) is 29.8 Å². The van der Waals surface area contributed by atoms with Crippen molar-refractivity contribution in [2.75, 3.05) is 23.7 Å². The molecule has 8 nitrogen and oxygen atoms in total. The van der Waals surface area contributed by atoms with Gasteiger partial charge in [-0.2, -0.15) is 0 Å². The second kappa shape index (κ2) is 17.2. The highest BCUT2D eigenvalue weighted by molar-refractivity contribution is 7.98. The second-order valence-corrected chi connectivity index (χ2v) is 14.4. The number of carbonyl (C=O) groups is 2. The molecule has 254 valence electrons. The Morgan fingerprint density at radius 3 is 2.08 bits per heavy atom. The van der Waals surface area contributed by atoms with Crippen molar-refractivity contribution in [3.63, 3.8) is 0 Å². The smallest absolute Gasteiger partial charge is 0.264 e. The van der Waals surface area contributed by atoms with Gasteiger partial charge in [0.25, 0.3) is 10.0 Å². The maximum Gasteiger partial charge on any atom is 0.264 e. The first-order valence-electron chi connectivity index (χ1n) is 16.1. The molecule has 4 aromatic carbocycles. The quantitative estimate of drug-likeness (QED) is 0.129.